The van der Waals surface area contributed by atoms with Crippen molar-refractivity contribution in [3.63, 3.8) is 0 Å². The molecule has 3 atom stereocenters. The highest BCUT2D eigenvalue weighted by Crippen LogP contribution is 2.42. The highest BCUT2D eigenvalue weighted by molar-refractivity contribution is 5.22. The first-order chi connectivity index (χ1) is 11.8. The quantitative estimate of drug-likeness (QED) is 0.789. The van der Waals surface area contributed by atoms with Gasteiger partial charge in [-0.05, 0) is 61.1 Å². The summed E-state index contributed by atoms with van der Waals surface area (Å²) in [4.78, 5) is 2.45. The maximum absolute atomic E-state index is 9.59. The fraction of sp³-hybridized carbons (Fsp3) is 0.619. The van der Waals surface area contributed by atoms with E-state index in [1.807, 2.05) is 0 Å². The fourth-order valence-corrected chi connectivity index (χ4v) is 4.63. The summed E-state index contributed by atoms with van der Waals surface area (Å²) in [6, 6.07) is 9.06. The van der Waals surface area contributed by atoms with Crippen LogP contribution in [0.4, 0.5) is 0 Å². The molecule has 4 rings (SSSR count). The van der Waals surface area contributed by atoms with Crippen LogP contribution in [0.3, 0.4) is 0 Å². The molecular formula is C21H30N2O. The molecule has 0 aromatic heterocycles. The summed E-state index contributed by atoms with van der Waals surface area (Å²) < 4.78 is 0. The second kappa shape index (κ2) is 7.38. The third-order valence-corrected chi connectivity index (χ3v) is 6.14. The second-order valence-electron chi connectivity index (χ2n) is 8.00. The van der Waals surface area contributed by atoms with Crippen LogP contribution in [-0.4, -0.2) is 35.7 Å². The molecular weight excluding hydrogens is 296 g/mol. The van der Waals surface area contributed by atoms with Gasteiger partial charge in [0.25, 0.3) is 0 Å². The minimum Gasteiger partial charge on any atom is -0.393 e. The smallest absolute Gasteiger partial charge is 0.0564 e. The third-order valence-electron chi connectivity index (χ3n) is 6.14. The van der Waals surface area contributed by atoms with E-state index in [1.54, 1.807) is 0 Å². The Balaban J connectivity index is 1.20. The Kier molecular flexibility index (Phi) is 5.02. The minimum absolute atomic E-state index is 0.0831. The number of aliphatic hydroxyl groups is 1. The number of rotatable bonds is 6. The minimum atomic E-state index is -0.0831. The van der Waals surface area contributed by atoms with Gasteiger partial charge in [0.15, 0.2) is 0 Å². The molecule has 2 aliphatic carbocycles. The van der Waals surface area contributed by atoms with Crippen LogP contribution in [0.2, 0.25) is 0 Å². The highest BCUT2D eigenvalue weighted by Gasteiger charge is 2.34. The lowest BCUT2D eigenvalue weighted by Crippen LogP contribution is -2.35. The zero-order chi connectivity index (χ0) is 16.4. The van der Waals surface area contributed by atoms with E-state index >= 15 is 0 Å². The number of nitrogens with one attached hydrogen (secondary N) is 1. The molecule has 1 saturated carbocycles. The standard InChI is InChI=1S/C21H30N2O/c24-21-7-9-23(10-8-21)15-17-3-1-16(2-4-17)13-22-14-20-12-18-5-6-19(20)11-18/h1-6,18-22,24H,7-15H2/t18-,19-,20+/m0/s1. The number of aliphatic hydroxyl groups excluding tert-OH is 1. The van der Waals surface area contributed by atoms with Gasteiger partial charge >= 0.3 is 0 Å². The van der Waals surface area contributed by atoms with Crippen LogP contribution < -0.4 is 5.32 Å². The van der Waals surface area contributed by atoms with Gasteiger partial charge in [0.1, 0.15) is 0 Å². The molecule has 2 N–H and O–H groups in total. The van der Waals surface area contributed by atoms with Crippen molar-refractivity contribution in [2.24, 2.45) is 17.8 Å². The summed E-state index contributed by atoms with van der Waals surface area (Å²) in [5.74, 6) is 2.57. The molecule has 24 heavy (non-hydrogen) atoms. The van der Waals surface area contributed by atoms with Crippen molar-refractivity contribution in [2.75, 3.05) is 19.6 Å². The van der Waals surface area contributed by atoms with Gasteiger partial charge in [-0.2, -0.15) is 0 Å². The number of hydrogen-bond donors (Lipinski definition) is 2. The van der Waals surface area contributed by atoms with Crippen molar-refractivity contribution in [2.45, 2.75) is 44.9 Å². The maximum Gasteiger partial charge on any atom is 0.0564 e. The van der Waals surface area contributed by atoms with Crippen LogP contribution in [0, 0.1) is 17.8 Å². The summed E-state index contributed by atoms with van der Waals surface area (Å²) >= 11 is 0. The Morgan fingerprint density at radius 3 is 2.42 bits per heavy atom. The predicted molar refractivity (Wildman–Crippen MR) is 97.5 cm³/mol. The van der Waals surface area contributed by atoms with Gasteiger partial charge in [-0.3, -0.25) is 4.90 Å². The Morgan fingerprint density at radius 2 is 1.75 bits per heavy atom. The normalized spacial score (nSPS) is 30.3. The molecule has 3 aliphatic rings. The summed E-state index contributed by atoms with van der Waals surface area (Å²) in [6.45, 7) is 5.18. The molecule has 3 nitrogen and oxygen atoms in total. The molecule has 1 saturated heterocycles. The van der Waals surface area contributed by atoms with Crippen molar-refractivity contribution in [3.05, 3.63) is 47.5 Å². The zero-order valence-electron chi connectivity index (χ0n) is 14.5. The first-order valence-corrected chi connectivity index (χ1v) is 9.63. The van der Waals surface area contributed by atoms with Crippen LogP contribution in [0.5, 0.6) is 0 Å². The number of nitrogens with zero attached hydrogens (tertiary/aromatic N) is 1. The van der Waals surface area contributed by atoms with E-state index in [9.17, 15) is 5.11 Å². The van der Waals surface area contributed by atoms with Gasteiger partial charge in [-0.25, -0.2) is 0 Å². The Morgan fingerprint density at radius 1 is 1.00 bits per heavy atom. The molecule has 2 bridgehead atoms. The molecule has 2 fully saturated rings. The molecule has 0 unspecified atom stereocenters. The van der Waals surface area contributed by atoms with Gasteiger partial charge < -0.3 is 10.4 Å². The zero-order valence-corrected chi connectivity index (χ0v) is 14.5. The van der Waals surface area contributed by atoms with E-state index in [2.05, 4.69) is 46.6 Å². The average Bonchev–Trinajstić information content (AvgIpc) is 3.22. The van der Waals surface area contributed by atoms with Crippen molar-refractivity contribution < 1.29 is 5.11 Å². The van der Waals surface area contributed by atoms with E-state index in [1.165, 1.54) is 24.0 Å². The molecule has 0 radical (unpaired) electrons. The molecule has 3 heteroatoms. The molecule has 0 spiro atoms. The molecule has 130 valence electrons. The Hall–Kier alpha value is -1.16. The average molecular weight is 326 g/mol. The van der Waals surface area contributed by atoms with Crippen LogP contribution in [-0.2, 0) is 13.1 Å². The number of benzene rings is 1. The monoisotopic (exact) mass is 326 g/mol. The predicted octanol–water partition coefficient (Wildman–Crippen LogP) is 2.95. The summed E-state index contributed by atoms with van der Waals surface area (Å²) in [5, 5.41) is 13.2. The number of fused-ring (bicyclic) bond motifs is 2. The van der Waals surface area contributed by atoms with Gasteiger partial charge in [0.2, 0.25) is 0 Å². The Bertz CT molecular complexity index is 560. The molecule has 1 heterocycles. The van der Waals surface area contributed by atoms with Crippen LogP contribution in [0.15, 0.2) is 36.4 Å². The SMILES string of the molecule is OC1CCN(Cc2ccc(CNC[C@H]3C[C@H]4C=C[C@H]3C4)cc2)CC1. The number of piperidine rings is 1. The van der Waals surface area contributed by atoms with Gasteiger partial charge in [-0.15, -0.1) is 0 Å². The van der Waals surface area contributed by atoms with Crippen molar-refractivity contribution in [1.29, 1.82) is 0 Å². The summed E-state index contributed by atoms with van der Waals surface area (Å²) in [6.07, 6.45) is 9.39. The van der Waals surface area contributed by atoms with Crippen molar-refractivity contribution in [3.8, 4) is 0 Å². The third kappa shape index (κ3) is 3.90. The number of allylic oxidation sites excluding steroid dienone is 2. The summed E-state index contributed by atoms with van der Waals surface area (Å²) in [5.41, 5.74) is 2.76. The lowest BCUT2D eigenvalue weighted by Gasteiger charge is -2.29. The first-order valence-electron chi connectivity index (χ1n) is 9.63. The molecule has 0 amide bonds. The van der Waals surface area contributed by atoms with Crippen LogP contribution >= 0.6 is 0 Å². The van der Waals surface area contributed by atoms with E-state index in [4.69, 9.17) is 0 Å². The largest absolute Gasteiger partial charge is 0.393 e. The fourth-order valence-electron chi connectivity index (χ4n) is 4.63. The number of likely N-dealkylation sites (tertiary alicyclic amines) is 1. The van der Waals surface area contributed by atoms with E-state index < -0.39 is 0 Å². The second-order valence-corrected chi connectivity index (χ2v) is 8.00. The van der Waals surface area contributed by atoms with Crippen molar-refractivity contribution >= 4 is 0 Å². The van der Waals surface area contributed by atoms with Crippen molar-refractivity contribution in [1.82, 2.24) is 10.2 Å². The van der Waals surface area contributed by atoms with Gasteiger partial charge in [-0.1, -0.05) is 36.4 Å². The maximum atomic E-state index is 9.59. The summed E-state index contributed by atoms with van der Waals surface area (Å²) in [7, 11) is 0. The van der Waals surface area contributed by atoms with Gasteiger partial charge in [0, 0.05) is 26.2 Å². The lowest BCUT2D eigenvalue weighted by molar-refractivity contribution is 0.0792. The van der Waals surface area contributed by atoms with Crippen LogP contribution in [0.1, 0.15) is 36.8 Å². The lowest BCUT2D eigenvalue weighted by atomic mass is 9.93. The molecule has 1 aromatic carbocycles. The van der Waals surface area contributed by atoms with E-state index in [0.717, 1.165) is 63.3 Å². The van der Waals surface area contributed by atoms with E-state index in [0.29, 0.717) is 0 Å². The molecule has 1 aliphatic heterocycles. The highest BCUT2D eigenvalue weighted by atomic mass is 16.3. The van der Waals surface area contributed by atoms with Gasteiger partial charge in [0.05, 0.1) is 6.10 Å². The molecule has 1 aromatic rings. The number of hydrogen-bond acceptors (Lipinski definition) is 3. The Labute approximate surface area is 145 Å². The topological polar surface area (TPSA) is 35.5 Å². The van der Waals surface area contributed by atoms with E-state index in [-0.39, 0.29) is 6.10 Å². The van der Waals surface area contributed by atoms with Crippen LogP contribution in [0.25, 0.3) is 0 Å². The first kappa shape index (κ1) is 16.3.